The van der Waals surface area contributed by atoms with Crippen LogP contribution < -0.4 is 20.5 Å². The van der Waals surface area contributed by atoms with Gasteiger partial charge in [-0.25, -0.2) is 4.79 Å². The highest BCUT2D eigenvalue weighted by Gasteiger charge is 2.12. The SMILES string of the molecule is COc1cc(/C=C/C(=O)OCc2nc(N)nc(Nc3ccccc3)n2)ccc1OCc1c(C)noc1C. The number of ether oxygens (including phenoxy) is 3. The van der Waals surface area contributed by atoms with Gasteiger partial charge in [0.25, 0.3) is 0 Å². The van der Waals surface area contributed by atoms with Crippen molar-refractivity contribution in [2.24, 2.45) is 0 Å². The van der Waals surface area contributed by atoms with Crippen LogP contribution in [-0.2, 0) is 22.7 Å². The first kappa shape index (κ1) is 25.2. The molecule has 0 spiro atoms. The van der Waals surface area contributed by atoms with Crippen LogP contribution in [0.2, 0.25) is 0 Å². The third-order valence-corrected chi connectivity index (χ3v) is 5.23. The van der Waals surface area contributed by atoms with Crippen molar-refractivity contribution in [3.63, 3.8) is 0 Å². The number of para-hydroxylation sites is 1. The van der Waals surface area contributed by atoms with Gasteiger partial charge in [-0.1, -0.05) is 29.4 Å². The Hall–Kier alpha value is -4.93. The Morgan fingerprint density at radius 1 is 1.05 bits per heavy atom. The number of carbonyl (C=O) groups is 1. The van der Waals surface area contributed by atoms with Crippen LogP contribution in [0.15, 0.2) is 59.1 Å². The highest BCUT2D eigenvalue weighted by Crippen LogP contribution is 2.30. The lowest BCUT2D eigenvalue weighted by Gasteiger charge is -2.11. The molecule has 0 unspecified atom stereocenters. The van der Waals surface area contributed by atoms with Crippen molar-refractivity contribution in [1.82, 2.24) is 20.1 Å². The molecule has 4 rings (SSSR count). The molecule has 2 aromatic carbocycles. The summed E-state index contributed by atoms with van der Waals surface area (Å²) in [6.45, 7) is 3.81. The summed E-state index contributed by atoms with van der Waals surface area (Å²) in [7, 11) is 1.54. The maximum absolute atomic E-state index is 12.3. The van der Waals surface area contributed by atoms with Crippen LogP contribution in [0, 0.1) is 13.8 Å². The molecule has 0 aliphatic carbocycles. The van der Waals surface area contributed by atoms with Gasteiger partial charge in [0.05, 0.1) is 18.4 Å². The summed E-state index contributed by atoms with van der Waals surface area (Å²) < 4.78 is 21.7. The van der Waals surface area contributed by atoms with Crippen LogP contribution in [0.4, 0.5) is 17.6 Å². The van der Waals surface area contributed by atoms with E-state index in [2.05, 4.69) is 25.4 Å². The number of hydrogen-bond donors (Lipinski definition) is 2. The van der Waals surface area contributed by atoms with E-state index in [1.807, 2.05) is 44.2 Å². The van der Waals surface area contributed by atoms with Crippen molar-refractivity contribution in [2.45, 2.75) is 27.1 Å². The molecule has 0 fully saturated rings. The summed E-state index contributed by atoms with van der Waals surface area (Å²) in [5, 5.41) is 6.96. The Morgan fingerprint density at radius 2 is 1.86 bits per heavy atom. The Labute approximate surface area is 213 Å². The van der Waals surface area contributed by atoms with Crippen LogP contribution in [0.3, 0.4) is 0 Å². The van der Waals surface area contributed by atoms with E-state index in [9.17, 15) is 4.79 Å². The van der Waals surface area contributed by atoms with Gasteiger partial charge < -0.3 is 29.8 Å². The lowest BCUT2D eigenvalue weighted by atomic mass is 10.2. The fourth-order valence-electron chi connectivity index (χ4n) is 3.32. The number of methoxy groups -OCH3 is 1. The smallest absolute Gasteiger partial charge is 0.331 e. The van der Waals surface area contributed by atoms with Gasteiger partial charge in [-0.05, 0) is 49.8 Å². The number of nitrogen functional groups attached to an aromatic ring is 1. The number of aromatic nitrogens is 4. The number of nitrogens with one attached hydrogen (secondary N) is 1. The van der Waals surface area contributed by atoms with Crippen molar-refractivity contribution in [3.8, 4) is 11.5 Å². The van der Waals surface area contributed by atoms with Gasteiger partial charge in [0, 0.05) is 11.8 Å². The van der Waals surface area contributed by atoms with Crippen LogP contribution in [0.1, 0.15) is 28.4 Å². The van der Waals surface area contributed by atoms with Crippen molar-refractivity contribution < 1.29 is 23.5 Å². The molecule has 0 atom stereocenters. The molecule has 37 heavy (non-hydrogen) atoms. The minimum absolute atomic E-state index is 0.0128. The molecule has 190 valence electrons. The fourth-order valence-corrected chi connectivity index (χ4v) is 3.32. The predicted molar refractivity (Wildman–Crippen MR) is 136 cm³/mol. The molecule has 0 radical (unpaired) electrons. The summed E-state index contributed by atoms with van der Waals surface area (Å²) in [4.78, 5) is 24.6. The van der Waals surface area contributed by atoms with Crippen LogP contribution in [0.5, 0.6) is 11.5 Å². The molecule has 0 amide bonds. The lowest BCUT2D eigenvalue weighted by molar-refractivity contribution is -0.139. The maximum atomic E-state index is 12.3. The Morgan fingerprint density at radius 3 is 2.59 bits per heavy atom. The van der Waals surface area contributed by atoms with Gasteiger partial charge in [0.15, 0.2) is 23.9 Å². The summed E-state index contributed by atoms with van der Waals surface area (Å²) in [5.41, 5.74) is 8.94. The molecular weight excluding hydrogens is 476 g/mol. The first-order valence-corrected chi connectivity index (χ1v) is 11.3. The topological polar surface area (TPSA) is 148 Å². The zero-order valence-electron chi connectivity index (χ0n) is 20.6. The van der Waals surface area contributed by atoms with Crippen molar-refractivity contribution in [3.05, 3.63) is 83.0 Å². The highest BCUT2D eigenvalue weighted by molar-refractivity contribution is 5.87. The molecule has 0 aliphatic rings. The summed E-state index contributed by atoms with van der Waals surface area (Å²) in [5.74, 6) is 1.68. The van der Waals surface area contributed by atoms with Crippen molar-refractivity contribution in [2.75, 3.05) is 18.2 Å². The number of hydrogen-bond acceptors (Lipinski definition) is 11. The van der Waals surface area contributed by atoms with Gasteiger partial charge in [-0.15, -0.1) is 0 Å². The third-order valence-electron chi connectivity index (χ3n) is 5.23. The molecule has 2 aromatic heterocycles. The lowest BCUT2D eigenvalue weighted by Crippen LogP contribution is -2.10. The first-order valence-electron chi connectivity index (χ1n) is 11.3. The normalized spacial score (nSPS) is 10.9. The van der Waals surface area contributed by atoms with Crippen LogP contribution >= 0.6 is 0 Å². The number of carbonyl (C=O) groups excluding carboxylic acids is 1. The van der Waals surface area contributed by atoms with Crippen LogP contribution in [0.25, 0.3) is 6.08 Å². The van der Waals surface area contributed by atoms with Gasteiger partial charge >= 0.3 is 5.97 Å². The average molecular weight is 503 g/mol. The van der Waals surface area contributed by atoms with Gasteiger partial charge in [-0.2, -0.15) is 15.0 Å². The molecule has 0 bridgehead atoms. The minimum Gasteiger partial charge on any atom is -0.493 e. The summed E-state index contributed by atoms with van der Waals surface area (Å²) >= 11 is 0. The van der Waals surface area contributed by atoms with E-state index in [4.69, 9.17) is 24.5 Å². The van der Waals surface area contributed by atoms with E-state index in [-0.39, 0.29) is 24.3 Å². The Kier molecular flexibility index (Phi) is 7.94. The number of benzene rings is 2. The second-order valence-electron chi connectivity index (χ2n) is 7.87. The largest absolute Gasteiger partial charge is 0.493 e. The number of aryl methyl sites for hydroxylation is 2. The van der Waals surface area contributed by atoms with Crippen LogP contribution in [-0.4, -0.2) is 33.2 Å². The second kappa shape index (κ2) is 11.7. The van der Waals surface area contributed by atoms with E-state index in [0.717, 1.165) is 22.5 Å². The van der Waals surface area contributed by atoms with E-state index in [1.54, 1.807) is 31.4 Å². The third kappa shape index (κ3) is 6.82. The second-order valence-corrected chi connectivity index (χ2v) is 7.87. The fraction of sp³-hybridized carbons (Fsp3) is 0.192. The molecule has 0 aliphatic heterocycles. The zero-order chi connectivity index (χ0) is 26.2. The molecule has 3 N–H and O–H groups in total. The number of rotatable bonds is 10. The van der Waals surface area contributed by atoms with Crippen molar-refractivity contribution >= 4 is 29.6 Å². The highest BCUT2D eigenvalue weighted by atomic mass is 16.5. The molecule has 11 nitrogen and oxygen atoms in total. The quantitative estimate of drug-likeness (QED) is 0.238. The summed E-state index contributed by atoms with van der Waals surface area (Å²) in [6.07, 6.45) is 2.90. The van der Waals surface area contributed by atoms with Crippen molar-refractivity contribution in [1.29, 1.82) is 0 Å². The minimum atomic E-state index is -0.575. The zero-order valence-corrected chi connectivity index (χ0v) is 20.6. The number of nitrogens with two attached hydrogens (primary N) is 1. The molecular formula is C26H26N6O5. The molecule has 0 saturated carbocycles. The van der Waals surface area contributed by atoms with E-state index >= 15 is 0 Å². The number of anilines is 3. The Balaban J connectivity index is 1.34. The predicted octanol–water partition coefficient (Wildman–Crippen LogP) is 4.15. The molecule has 0 saturated heterocycles. The van der Waals surface area contributed by atoms with Gasteiger partial charge in [0.2, 0.25) is 11.9 Å². The van der Waals surface area contributed by atoms with Gasteiger partial charge in [0.1, 0.15) is 12.4 Å². The average Bonchev–Trinajstić information content (AvgIpc) is 3.22. The van der Waals surface area contributed by atoms with Gasteiger partial charge in [-0.3, -0.25) is 0 Å². The Bertz CT molecular complexity index is 1380. The summed E-state index contributed by atoms with van der Waals surface area (Å²) in [6, 6.07) is 14.7. The molecule has 4 aromatic rings. The standard InChI is InChI=1S/C26H26N6O5/c1-16-20(17(2)37-32-16)14-35-21-11-9-18(13-22(21)34-3)10-12-24(33)36-15-23-29-25(27)31-26(30-23)28-19-7-5-4-6-8-19/h4-13H,14-15H2,1-3H3,(H3,27,28,29,30,31)/b12-10+. The molecule has 11 heteroatoms. The van der Waals surface area contributed by atoms with E-state index in [0.29, 0.717) is 23.9 Å². The number of nitrogens with zero attached hydrogens (tertiary/aromatic N) is 4. The molecule has 2 heterocycles. The first-order chi connectivity index (χ1) is 17.9. The maximum Gasteiger partial charge on any atom is 0.331 e. The number of esters is 1. The van der Waals surface area contributed by atoms with E-state index in [1.165, 1.54) is 6.08 Å². The monoisotopic (exact) mass is 502 g/mol. The van der Waals surface area contributed by atoms with E-state index < -0.39 is 5.97 Å².